The number of carbonyl (C=O) groups is 2. The van der Waals surface area contributed by atoms with E-state index in [1.165, 1.54) is 14.0 Å². The van der Waals surface area contributed by atoms with Crippen molar-refractivity contribution in [3.05, 3.63) is 23.3 Å². The lowest BCUT2D eigenvalue weighted by Crippen LogP contribution is -2.26. The highest BCUT2D eigenvalue weighted by Gasteiger charge is 2.15. The standard InChI is InChI=1S/C24H36N2O5/c1-5-7-13-26(14-8-6-2)15-11-21-17-20(9-10-23(29)25-12-16-27)18-22(30-4)24(21)31-19(3)28/h17-18,27H,5-10,12-14,16H2,1-4H3,(H,25,29). The van der Waals surface area contributed by atoms with Gasteiger partial charge in [-0.3, -0.25) is 9.59 Å². The number of esters is 1. The molecule has 172 valence electrons. The van der Waals surface area contributed by atoms with E-state index in [9.17, 15) is 9.59 Å². The summed E-state index contributed by atoms with van der Waals surface area (Å²) in [5.74, 6) is 3.26. The minimum atomic E-state index is -0.452. The number of methoxy groups -OCH3 is 1. The van der Waals surface area contributed by atoms with Crippen LogP contribution < -0.4 is 14.8 Å². The van der Waals surface area contributed by atoms with E-state index in [0.29, 0.717) is 23.5 Å². The normalized spacial score (nSPS) is 10.1. The lowest BCUT2D eigenvalue weighted by atomic mass is 10.0. The maximum atomic E-state index is 11.9. The Hall–Kier alpha value is -2.72. The summed E-state index contributed by atoms with van der Waals surface area (Å²) in [6.07, 6.45) is 5.03. The van der Waals surface area contributed by atoms with E-state index in [4.69, 9.17) is 14.6 Å². The molecule has 1 amide bonds. The molecule has 0 aromatic heterocycles. The lowest BCUT2D eigenvalue weighted by Gasteiger charge is -2.17. The molecule has 0 saturated carbocycles. The number of nitrogens with zero attached hydrogens (tertiary/aromatic N) is 1. The summed E-state index contributed by atoms with van der Waals surface area (Å²) in [4.78, 5) is 25.6. The Morgan fingerprint density at radius 2 is 1.84 bits per heavy atom. The first-order chi connectivity index (χ1) is 14.9. The van der Waals surface area contributed by atoms with Crippen LogP contribution in [0.4, 0.5) is 0 Å². The van der Waals surface area contributed by atoms with Crippen LogP contribution in [0.15, 0.2) is 12.1 Å². The molecule has 0 spiro atoms. The van der Waals surface area contributed by atoms with E-state index in [0.717, 1.165) is 44.3 Å². The first-order valence-electron chi connectivity index (χ1n) is 11.0. The average Bonchev–Trinajstić information content (AvgIpc) is 2.76. The average molecular weight is 433 g/mol. The number of hydrogen-bond acceptors (Lipinski definition) is 6. The molecule has 1 aromatic rings. The molecule has 1 aromatic carbocycles. The predicted octanol–water partition coefficient (Wildman–Crippen LogP) is 2.87. The highest BCUT2D eigenvalue weighted by atomic mass is 16.6. The summed E-state index contributed by atoms with van der Waals surface area (Å²) in [5, 5.41) is 11.5. The van der Waals surface area contributed by atoms with Gasteiger partial charge in [-0.15, -0.1) is 0 Å². The van der Waals surface area contributed by atoms with E-state index in [-0.39, 0.29) is 25.5 Å². The molecule has 0 aliphatic rings. The Bertz CT molecular complexity index is 759. The van der Waals surface area contributed by atoms with Crippen molar-refractivity contribution in [1.82, 2.24) is 10.2 Å². The molecule has 7 nitrogen and oxygen atoms in total. The van der Waals surface area contributed by atoms with Gasteiger partial charge >= 0.3 is 5.97 Å². The third-order valence-corrected chi connectivity index (χ3v) is 4.57. The summed E-state index contributed by atoms with van der Waals surface area (Å²) >= 11 is 0. The maximum Gasteiger partial charge on any atom is 0.308 e. The number of amides is 1. The fourth-order valence-electron chi connectivity index (χ4n) is 2.90. The molecule has 0 aliphatic heterocycles. The molecule has 0 saturated heterocycles. The monoisotopic (exact) mass is 432 g/mol. The summed E-state index contributed by atoms with van der Waals surface area (Å²) in [7, 11) is 1.51. The maximum absolute atomic E-state index is 11.9. The molecule has 0 bridgehead atoms. The lowest BCUT2D eigenvalue weighted by molar-refractivity contribution is -0.132. The topological polar surface area (TPSA) is 88.1 Å². The van der Waals surface area contributed by atoms with Crippen molar-refractivity contribution in [2.24, 2.45) is 0 Å². The van der Waals surface area contributed by atoms with Crippen molar-refractivity contribution < 1.29 is 24.2 Å². The molecule has 0 atom stereocenters. The zero-order valence-electron chi connectivity index (χ0n) is 19.3. The first kappa shape index (κ1) is 26.3. The van der Waals surface area contributed by atoms with E-state index in [1.807, 2.05) is 6.07 Å². The highest BCUT2D eigenvalue weighted by molar-refractivity contribution is 5.76. The summed E-state index contributed by atoms with van der Waals surface area (Å²) in [6.45, 7) is 7.54. The van der Waals surface area contributed by atoms with Gasteiger partial charge in [0.2, 0.25) is 5.91 Å². The van der Waals surface area contributed by atoms with Crippen LogP contribution in [0.3, 0.4) is 0 Å². The van der Waals surface area contributed by atoms with E-state index in [1.54, 1.807) is 6.07 Å². The number of aliphatic hydroxyl groups is 1. The van der Waals surface area contributed by atoms with Crippen LogP contribution in [0.25, 0.3) is 0 Å². The number of unbranched alkanes of at least 4 members (excludes halogenated alkanes) is 2. The van der Waals surface area contributed by atoms with E-state index >= 15 is 0 Å². The Kier molecular flexibility index (Phi) is 12.8. The molecule has 0 fully saturated rings. The van der Waals surface area contributed by atoms with Gasteiger partial charge < -0.3 is 24.8 Å². The van der Waals surface area contributed by atoms with Crippen LogP contribution in [0, 0.1) is 12.0 Å². The second kappa shape index (κ2) is 15.1. The number of aliphatic hydroxyl groups excluding tert-OH is 1. The number of aryl methyl sites for hydroxylation is 1. The molecule has 31 heavy (non-hydrogen) atoms. The number of nitrogens with one attached hydrogen (secondary N) is 1. The van der Waals surface area contributed by atoms with Crippen LogP contribution in [0.1, 0.15) is 64.0 Å². The van der Waals surface area contributed by atoms with Gasteiger partial charge in [-0.1, -0.05) is 26.7 Å². The smallest absolute Gasteiger partial charge is 0.308 e. The van der Waals surface area contributed by atoms with E-state index in [2.05, 4.69) is 36.0 Å². The molecule has 0 aliphatic carbocycles. The summed E-state index contributed by atoms with van der Waals surface area (Å²) in [5.41, 5.74) is 1.41. The first-order valence-corrected chi connectivity index (χ1v) is 11.0. The zero-order chi connectivity index (χ0) is 23.1. The Labute approximate surface area is 186 Å². The van der Waals surface area contributed by atoms with Crippen LogP contribution in [0.2, 0.25) is 0 Å². The van der Waals surface area contributed by atoms with Gasteiger partial charge in [-0.2, -0.15) is 0 Å². The fraction of sp³-hybridized carbons (Fsp3) is 0.583. The van der Waals surface area contributed by atoms with Gasteiger partial charge in [0, 0.05) is 39.0 Å². The Morgan fingerprint density at radius 1 is 1.16 bits per heavy atom. The van der Waals surface area contributed by atoms with Gasteiger partial charge in [-0.25, -0.2) is 0 Å². The SMILES string of the molecule is CCCCN(C#Cc1cc(CCC(=O)NCCO)cc(OC)c1OC(C)=O)CCCC. The fourth-order valence-corrected chi connectivity index (χ4v) is 2.90. The molecule has 2 N–H and O–H groups in total. The van der Waals surface area contributed by atoms with Crippen LogP contribution >= 0.6 is 0 Å². The third-order valence-electron chi connectivity index (χ3n) is 4.57. The number of ether oxygens (including phenoxy) is 2. The molecule has 0 radical (unpaired) electrons. The van der Waals surface area contributed by atoms with Crippen LogP contribution in [0.5, 0.6) is 11.5 Å². The molecule has 1 rings (SSSR count). The minimum Gasteiger partial charge on any atom is -0.493 e. The van der Waals surface area contributed by atoms with Crippen molar-refractivity contribution in [2.75, 3.05) is 33.4 Å². The molecule has 0 heterocycles. The third kappa shape index (κ3) is 10.2. The Balaban J connectivity index is 3.20. The molecular weight excluding hydrogens is 396 g/mol. The van der Waals surface area contributed by atoms with Crippen LogP contribution in [-0.2, 0) is 16.0 Å². The van der Waals surface area contributed by atoms with Crippen LogP contribution in [-0.4, -0.2) is 55.2 Å². The second-order valence-corrected chi connectivity index (χ2v) is 7.27. The predicted molar refractivity (Wildman–Crippen MR) is 121 cm³/mol. The molecular formula is C24H36N2O5. The van der Waals surface area contributed by atoms with Gasteiger partial charge in [0.15, 0.2) is 11.5 Å². The van der Waals surface area contributed by atoms with Crippen molar-refractivity contribution in [3.63, 3.8) is 0 Å². The molecule has 0 unspecified atom stereocenters. The van der Waals surface area contributed by atoms with Crippen molar-refractivity contribution in [1.29, 1.82) is 0 Å². The molecule has 7 heteroatoms. The minimum absolute atomic E-state index is 0.0943. The van der Waals surface area contributed by atoms with Crippen molar-refractivity contribution in [2.45, 2.75) is 59.3 Å². The number of benzene rings is 1. The Morgan fingerprint density at radius 3 is 2.39 bits per heavy atom. The summed E-state index contributed by atoms with van der Waals surface area (Å²) < 4.78 is 10.8. The van der Waals surface area contributed by atoms with E-state index < -0.39 is 5.97 Å². The largest absolute Gasteiger partial charge is 0.493 e. The number of hydrogen-bond donors (Lipinski definition) is 2. The highest BCUT2D eigenvalue weighted by Crippen LogP contribution is 2.33. The van der Waals surface area contributed by atoms with Crippen molar-refractivity contribution in [3.8, 4) is 23.5 Å². The second-order valence-electron chi connectivity index (χ2n) is 7.27. The quantitative estimate of drug-likeness (QED) is 0.216. The summed E-state index contributed by atoms with van der Waals surface area (Å²) in [6, 6.07) is 6.82. The van der Waals surface area contributed by atoms with Gasteiger partial charge in [0.1, 0.15) is 0 Å². The number of carbonyl (C=O) groups excluding carboxylic acids is 2. The van der Waals surface area contributed by atoms with Gasteiger partial charge in [0.05, 0.1) is 19.3 Å². The van der Waals surface area contributed by atoms with Crippen molar-refractivity contribution >= 4 is 11.9 Å². The van der Waals surface area contributed by atoms with Gasteiger partial charge in [-0.05, 0) is 42.9 Å². The zero-order valence-corrected chi connectivity index (χ0v) is 19.3. The van der Waals surface area contributed by atoms with Gasteiger partial charge in [0.25, 0.3) is 0 Å². The number of rotatable bonds is 13.